The number of rotatable bonds is 8. The Balaban J connectivity index is 1.46. The van der Waals surface area contributed by atoms with Crippen LogP contribution in [0, 0.1) is 0 Å². The van der Waals surface area contributed by atoms with Gasteiger partial charge in [0.05, 0.1) is 35.8 Å². The molecule has 2 aromatic rings. The molecule has 10 nitrogen and oxygen atoms in total. The Hall–Kier alpha value is -3.73. The van der Waals surface area contributed by atoms with E-state index in [4.69, 9.17) is 9.47 Å². The predicted molar refractivity (Wildman–Crippen MR) is 128 cm³/mol. The van der Waals surface area contributed by atoms with Gasteiger partial charge in [0.2, 0.25) is 0 Å². The van der Waals surface area contributed by atoms with Crippen LogP contribution >= 0.6 is 0 Å². The van der Waals surface area contributed by atoms with E-state index in [2.05, 4.69) is 0 Å². The molecule has 1 saturated heterocycles. The van der Waals surface area contributed by atoms with Crippen LogP contribution in [0.3, 0.4) is 0 Å². The third-order valence-corrected chi connectivity index (χ3v) is 8.01. The number of fused-ring (bicyclic) bond motifs is 1. The summed E-state index contributed by atoms with van der Waals surface area (Å²) < 4.78 is 34.1. The Bertz CT molecular complexity index is 1300. The zero-order valence-electron chi connectivity index (χ0n) is 19.9. The van der Waals surface area contributed by atoms with Crippen molar-refractivity contribution in [1.29, 1.82) is 0 Å². The lowest BCUT2D eigenvalue weighted by Gasteiger charge is -2.23. The normalized spacial score (nSPS) is 18.2. The first-order valence-corrected chi connectivity index (χ1v) is 13.3. The van der Waals surface area contributed by atoms with Gasteiger partial charge in [-0.05, 0) is 43.2 Å². The first kappa shape index (κ1) is 25.4. The number of carbonyl (C=O) groups excluding carboxylic acids is 4. The van der Waals surface area contributed by atoms with E-state index in [-0.39, 0.29) is 36.0 Å². The van der Waals surface area contributed by atoms with Crippen molar-refractivity contribution in [2.24, 2.45) is 0 Å². The number of hydrogen-bond donors (Lipinski definition) is 0. The van der Waals surface area contributed by atoms with Crippen LogP contribution in [0.4, 0.5) is 0 Å². The molecule has 0 saturated carbocycles. The van der Waals surface area contributed by atoms with Crippen LogP contribution in [-0.2, 0) is 25.9 Å². The second-order valence-corrected chi connectivity index (χ2v) is 10.9. The molecule has 4 rings (SSSR count). The second kappa shape index (κ2) is 10.1. The summed E-state index contributed by atoms with van der Waals surface area (Å²) in [6.45, 7) is 1.39. The van der Waals surface area contributed by atoms with E-state index in [1.165, 1.54) is 18.0 Å². The molecule has 3 amide bonds. The number of imide groups is 1. The number of carbonyl (C=O) groups is 4. The van der Waals surface area contributed by atoms with Crippen molar-refractivity contribution in [1.82, 2.24) is 9.80 Å². The lowest BCUT2D eigenvalue weighted by molar-refractivity contribution is -0.134. The molecule has 1 fully saturated rings. The summed E-state index contributed by atoms with van der Waals surface area (Å²) in [5.74, 6) is -2.04. The first-order chi connectivity index (χ1) is 17.1. The molecule has 0 N–H and O–H groups in total. The molecule has 2 aromatic carbocycles. The smallest absolute Gasteiger partial charge is 0.342 e. The number of hydrogen-bond acceptors (Lipinski definition) is 8. The molecule has 11 heteroatoms. The van der Waals surface area contributed by atoms with Crippen LogP contribution in [0.1, 0.15) is 50.0 Å². The SMILES string of the molecule is CCOc1ccc(CN2C(=O)c3ccccc3C2=O)cc1C(=O)OCC(=O)N(C)[C@H]1CCS(=O)(=O)C1. The highest BCUT2D eigenvalue weighted by Gasteiger charge is 2.35. The van der Waals surface area contributed by atoms with Gasteiger partial charge < -0.3 is 14.4 Å². The van der Waals surface area contributed by atoms with E-state index >= 15 is 0 Å². The highest BCUT2D eigenvalue weighted by atomic mass is 32.2. The summed E-state index contributed by atoms with van der Waals surface area (Å²) in [7, 11) is -1.69. The van der Waals surface area contributed by atoms with E-state index in [9.17, 15) is 27.6 Å². The van der Waals surface area contributed by atoms with E-state index in [1.54, 1.807) is 43.3 Å². The quantitative estimate of drug-likeness (QED) is 0.385. The Morgan fingerprint density at radius 3 is 2.33 bits per heavy atom. The van der Waals surface area contributed by atoms with Crippen LogP contribution in [0.2, 0.25) is 0 Å². The van der Waals surface area contributed by atoms with E-state index < -0.39 is 46.2 Å². The van der Waals surface area contributed by atoms with E-state index in [0.29, 0.717) is 23.1 Å². The van der Waals surface area contributed by atoms with Crippen LogP contribution in [0.25, 0.3) is 0 Å². The second-order valence-electron chi connectivity index (χ2n) is 8.64. The number of likely N-dealkylation sites (N-methyl/N-ethyl adjacent to an activating group) is 1. The summed E-state index contributed by atoms with van der Waals surface area (Å²) >= 11 is 0. The number of esters is 1. The largest absolute Gasteiger partial charge is 0.493 e. The van der Waals surface area contributed by atoms with Gasteiger partial charge in [-0.2, -0.15) is 0 Å². The van der Waals surface area contributed by atoms with Gasteiger partial charge >= 0.3 is 5.97 Å². The molecule has 2 aliphatic heterocycles. The van der Waals surface area contributed by atoms with Crippen molar-refractivity contribution in [2.75, 3.05) is 31.8 Å². The van der Waals surface area contributed by atoms with Gasteiger partial charge in [0.1, 0.15) is 11.3 Å². The molecule has 0 aliphatic carbocycles. The standard InChI is InChI=1S/C25H26N2O8S/c1-3-34-21-9-8-16(13-27-23(29)18-6-4-5-7-19(18)24(27)30)12-20(21)25(31)35-14-22(28)26(2)17-10-11-36(32,33)15-17/h4-9,12,17H,3,10-11,13-15H2,1-2H3/t17-/m0/s1. The summed E-state index contributed by atoms with van der Waals surface area (Å²) in [5.41, 5.74) is 1.20. The van der Waals surface area contributed by atoms with Gasteiger partial charge in [-0.1, -0.05) is 18.2 Å². The minimum atomic E-state index is -3.17. The lowest BCUT2D eigenvalue weighted by Crippen LogP contribution is -2.40. The molecule has 0 spiro atoms. The number of ether oxygens (including phenoxy) is 2. The van der Waals surface area contributed by atoms with E-state index in [0.717, 1.165) is 4.90 Å². The van der Waals surface area contributed by atoms with Gasteiger partial charge in [-0.15, -0.1) is 0 Å². The Morgan fingerprint density at radius 2 is 1.75 bits per heavy atom. The van der Waals surface area contributed by atoms with Crippen molar-refractivity contribution in [2.45, 2.75) is 25.9 Å². The summed E-state index contributed by atoms with van der Waals surface area (Å²) in [6, 6.07) is 10.7. The molecule has 190 valence electrons. The lowest BCUT2D eigenvalue weighted by atomic mass is 10.1. The fourth-order valence-corrected chi connectivity index (χ4v) is 6.05. The van der Waals surface area contributed by atoms with Gasteiger partial charge in [0.15, 0.2) is 16.4 Å². The minimum Gasteiger partial charge on any atom is -0.493 e. The Morgan fingerprint density at radius 1 is 1.08 bits per heavy atom. The van der Waals surface area contributed by atoms with Gasteiger partial charge in [0, 0.05) is 13.1 Å². The molecular weight excluding hydrogens is 488 g/mol. The molecule has 0 radical (unpaired) electrons. The van der Waals surface area contributed by atoms with Crippen molar-refractivity contribution < 1.29 is 37.1 Å². The topological polar surface area (TPSA) is 127 Å². The van der Waals surface area contributed by atoms with Crippen LogP contribution in [0.15, 0.2) is 42.5 Å². The Kier molecular flexibility index (Phi) is 7.11. The summed E-state index contributed by atoms with van der Waals surface area (Å²) in [5, 5.41) is 0. The van der Waals surface area contributed by atoms with Crippen LogP contribution in [0.5, 0.6) is 5.75 Å². The average molecular weight is 515 g/mol. The molecule has 0 aromatic heterocycles. The average Bonchev–Trinajstić information content (AvgIpc) is 3.34. The maximum absolute atomic E-state index is 12.9. The predicted octanol–water partition coefficient (Wildman–Crippen LogP) is 1.68. The minimum absolute atomic E-state index is 0.0205. The summed E-state index contributed by atoms with van der Waals surface area (Å²) in [4.78, 5) is 53.2. The first-order valence-electron chi connectivity index (χ1n) is 11.5. The molecule has 36 heavy (non-hydrogen) atoms. The van der Waals surface area contributed by atoms with Gasteiger partial charge in [-0.25, -0.2) is 13.2 Å². The fourth-order valence-electron chi connectivity index (χ4n) is 4.27. The van der Waals surface area contributed by atoms with Crippen molar-refractivity contribution >= 4 is 33.5 Å². The molecule has 0 unspecified atom stereocenters. The highest BCUT2D eigenvalue weighted by molar-refractivity contribution is 7.91. The van der Waals surface area contributed by atoms with Gasteiger partial charge in [0.25, 0.3) is 17.7 Å². The molecule has 2 aliphatic rings. The molecule has 1 atom stereocenters. The van der Waals surface area contributed by atoms with Crippen molar-refractivity contribution in [3.63, 3.8) is 0 Å². The zero-order valence-corrected chi connectivity index (χ0v) is 20.7. The Labute approximate surface area is 208 Å². The fraction of sp³-hybridized carbons (Fsp3) is 0.360. The third kappa shape index (κ3) is 5.11. The number of amides is 3. The highest BCUT2D eigenvalue weighted by Crippen LogP contribution is 2.27. The maximum atomic E-state index is 12.9. The van der Waals surface area contributed by atoms with Crippen LogP contribution < -0.4 is 4.74 Å². The number of sulfone groups is 1. The van der Waals surface area contributed by atoms with Gasteiger partial charge in [-0.3, -0.25) is 19.3 Å². The maximum Gasteiger partial charge on any atom is 0.342 e. The number of benzene rings is 2. The number of nitrogens with zero attached hydrogens (tertiary/aromatic N) is 2. The monoisotopic (exact) mass is 514 g/mol. The molecule has 2 heterocycles. The molecular formula is C25H26N2O8S. The van der Waals surface area contributed by atoms with Crippen LogP contribution in [-0.4, -0.2) is 79.7 Å². The summed E-state index contributed by atoms with van der Waals surface area (Å²) in [6.07, 6.45) is 0.340. The van der Waals surface area contributed by atoms with Crippen molar-refractivity contribution in [3.05, 3.63) is 64.7 Å². The van der Waals surface area contributed by atoms with E-state index in [1.807, 2.05) is 0 Å². The molecule has 0 bridgehead atoms. The zero-order chi connectivity index (χ0) is 26.0. The van der Waals surface area contributed by atoms with Crippen molar-refractivity contribution in [3.8, 4) is 5.75 Å². The third-order valence-electron chi connectivity index (χ3n) is 6.26.